The fourth-order valence-corrected chi connectivity index (χ4v) is 4.68. The number of benzene rings is 1. The minimum absolute atomic E-state index is 0.181. The fourth-order valence-electron chi connectivity index (χ4n) is 2.75. The second kappa shape index (κ2) is 4.07. The summed E-state index contributed by atoms with van der Waals surface area (Å²) < 4.78 is 23.5. The van der Waals surface area contributed by atoms with Crippen molar-refractivity contribution < 1.29 is 18.3 Å². The van der Waals surface area contributed by atoms with E-state index >= 15 is 0 Å². The van der Waals surface area contributed by atoms with Crippen LogP contribution in [0.1, 0.15) is 11.5 Å². The molecule has 98 valence electrons. The summed E-state index contributed by atoms with van der Waals surface area (Å²) in [6, 6.07) is 8.80. The molecular weight excluding hydrogens is 254 g/mol. The molecule has 1 fully saturated rings. The van der Waals surface area contributed by atoms with Crippen molar-refractivity contribution in [2.24, 2.45) is 11.1 Å². The van der Waals surface area contributed by atoms with Crippen LogP contribution < -0.4 is 5.73 Å². The first-order valence-electron chi connectivity index (χ1n) is 5.53. The number of nitrogens with two attached hydrogens (primary N) is 1. The zero-order valence-electron chi connectivity index (χ0n) is 9.91. The third-order valence-electron chi connectivity index (χ3n) is 3.61. The van der Waals surface area contributed by atoms with Gasteiger partial charge in [0.25, 0.3) is 0 Å². The standard InChI is InChI=1S/C12H15NO4S/c1-18(16,17)10-9(8-5-3-2-4-6-8)12(10,7-13)11(14)15/h2-6,9-10H,7,13H2,1H3,(H,14,15)/t9-,10-,12+/m1/s1. The molecule has 3 atom stereocenters. The van der Waals surface area contributed by atoms with E-state index in [0.29, 0.717) is 5.56 Å². The molecule has 0 heterocycles. The minimum atomic E-state index is -3.45. The highest BCUT2D eigenvalue weighted by Crippen LogP contribution is 2.62. The van der Waals surface area contributed by atoms with Crippen LogP contribution >= 0.6 is 0 Å². The molecule has 2 rings (SSSR count). The van der Waals surface area contributed by atoms with Gasteiger partial charge in [0.15, 0.2) is 9.84 Å². The van der Waals surface area contributed by atoms with Crippen molar-refractivity contribution in [3.8, 4) is 0 Å². The van der Waals surface area contributed by atoms with Gasteiger partial charge in [-0.05, 0) is 5.56 Å². The maximum Gasteiger partial charge on any atom is 0.312 e. The van der Waals surface area contributed by atoms with Crippen LogP contribution in [0.15, 0.2) is 30.3 Å². The van der Waals surface area contributed by atoms with Gasteiger partial charge in [-0.1, -0.05) is 30.3 Å². The third-order valence-corrected chi connectivity index (χ3v) is 5.23. The van der Waals surface area contributed by atoms with Crippen molar-refractivity contribution in [1.82, 2.24) is 0 Å². The van der Waals surface area contributed by atoms with Crippen LogP contribution in [0.25, 0.3) is 0 Å². The molecule has 1 saturated carbocycles. The van der Waals surface area contributed by atoms with Gasteiger partial charge in [0.1, 0.15) is 5.41 Å². The second-order valence-electron chi connectivity index (χ2n) is 4.69. The van der Waals surface area contributed by atoms with Crippen LogP contribution in [0.4, 0.5) is 0 Å². The zero-order valence-corrected chi connectivity index (χ0v) is 10.7. The van der Waals surface area contributed by atoms with Gasteiger partial charge in [-0.25, -0.2) is 8.42 Å². The highest BCUT2D eigenvalue weighted by atomic mass is 32.2. The van der Waals surface area contributed by atoms with Gasteiger partial charge >= 0.3 is 5.97 Å². The summed E-state index contributed by atoms with van der Waals surface area (Å²) >= 11 is 0. The summed E-state index contributed by atoms with van der Waals surface area (Å²) in [7, 11) is -3.45. The summed E-state index contributed by atoms with van der Waals surface area (Å²) in [5.74, 6) is -1.70. The van der Waals surface area contributed by atoms with Crippen LogP contribution in [0.3, 0.4) is 0 Å². The minimum Gasteiger partial charge on any atom is -0.481 e. The van der Waals surface area contributed by atoms with Crippen molar-refractivity contribution in [3.05, 3.63) is 35.9 Å². The SMILES string of the molecule is CS(=O)(=O)[C@@H]1[C@@H](c2ccccc2)[C@]1(CN)C(=O)O. The Labute approximate surface area is 106 Å². The molecule has 6 heteroatoms. The molecule has 0 bridgehead atoms. The maximum atomic E-state index is 11.7. The smallest absolute Gasteiger partial charge is 0.312 e. The number of hydrogen-bond acceptors (Lipinski definition) is 4. The van der Waals surface area contributed by atoms with E-state index in [2.05, 4.69) is 0 Å². The van der Waals surface area contributed by atoms with Gasteiger partial charge in [0.05, 0.1) is 5.25 Å². The Hall–Kier alpha value is -1.40. The first-order chi connectivity index (χ1) is 8.35. The Morgan fingerprint density at radius 2 is 1.94 bits per heavy atom. The van der Waals surface area contributed by atoms with Gasteiger partial charge < -0.3 is 10.8 Å². The van der Waals surface area contributed by atoms with E-state index in [-0.39, 0.29) is 6.54 Å². The molecule has 3 N–H and O–H groups in total. The molecule has 1 aromatic rings. The average Bonchev–Trinajstić information content (AvgIpc) is 3.00. The second-order valence-corrected chi connectivity index (χ2v) is 6.86. The summed E-state index contributed by atoms with van der Waals surface area (Å²) in [5, 5.41) is 8.39. The molecule has 1 aromatic carbocycles. The highest BCUT2D eigenvalue weighted by Gasteiger charge is 2.74. The van der Waals surface area contributed by atoms with Crippen molar-refractivity contribution in [3.63, 3.8) is 0 Å². The summed E-state index contributed by atoms with van der Waals surface area (Å²) in [6.07, 6.45) is 1.06. The van der Waals surface area contributed by atoms with Gasteiger partial charge in [0.2, 0.25) is 0 Å². The van der Waals surface area contributed by atoms with Crippen molar-refractivity contribution in [1.29, 1.82) is 0 Å². The average molecular weight is 269 g/mol. The summed E-state index contributed by atoms with van der Waals surface area (Å²) in [5.41, 5.74) is 4.87. The lowest BCUT2D eigenvalue weighted by Crippen LogP contribution is -2.31. The molecule has 5 nitrogen and oxygen atoms in total. The predicted octanol–water partition coefficient (Wildman–Crippen LogP) is 0.227. The van der Waals surface area contributed by atoms with E-state index in [1.165, 1.54) is 0 Å². The molecule has 0 amide bonds. The largest absolute Gasteiger partial charge is 0.481 e. The molecule has 1 aliphatic rings. The molecule has 0 aliphatic heterocycles. The Kier molecular flexibility index (Phi) is 2.95. The molecule has 1 aliphatic carbocycles. The Bertz CT molecular complexity index is 569. The van der Waals surface area contributed by atoms with Crippen LogP contribution in [0, 0.1) is 5.41 Å². The summed E-state index contributed by atoms with van der Waals surface area (Å²) in [6.45, 7) is -0.181. The Morgan fingerprint density at radius 1 is 1.39 bits per heavy atom. The first kappa shape index (κ1) is 13.0. The third kappa shape index (κ3) is 1.72. The molecule has 0 unspecified atom stereocenters. The normalized spacial score (nSPS) is 31.0. The van der Waals surface area contributed by atoms with Crippen LogP contribution in [0.5, 0.6) is 0 Å². The monoisotopic (exact) mass is 269 g/mol. The van der Waals surface area contributed by atoms with Crippen molar-refractivity contribution in [2.45, 2.75) is 11.2 Å². The molecule has 18 heavy (non-hydrogen) atoms. The van der Waals surface area contributed by atoms with Crippen LogP contribution in [-0.4, -0.2) is 37.5 Å². The van der Waals surface area contributed by atoms with Crippen LogP contribution in [-0.2, 0) is 14.6 Å². The number of carbonyl (C=O) groups is 1. The fraction of sp³-hybridized carbons (Fsp3) is 0.417. The first-order valence-corrected chi connectivity index (χ1v) is 7.48. The van der Waals surface area contributed by atoms with E-state index < -0.39 is 32.4 Å². The maximum absolute atomic E-state index is 11.7. The van der Waals surface area contributed by atoms with Crippen LogP contribution in [0.2, 0.25) is 0 Å². The zero-order chi connectivity index (χ0) is 13.6. The number of hydrogen-bond donors (Lipinski definition) is 2. The van der Waals surface area contributed by atoms with Gasteiger partial charge in [0, 0.05) is 18.7 Å². The molecule has 0 saturated heterocycles. The lowest BCUT2D eigenvalue weighted by atomic mass is 9.99. The number of rotatable bonds is 4. The lowest BCUT2D eigenvalue weighted by Gasteiger charge is -2.08. The van der Waals surface area contributed by atoms with E-state index in [4.69, 9.17) is 5.73 Å². The van der Waals surface area contributed by atoms with Gasteiger partial charge in [-0.3, -0.25) is 4.79 Å². The lowest BCUT2D eigenvalue weighted by molar-refractivity contribution is -0.143. The van der Waals surface area contributed by atoms with E-state index in [1.807, 2.05) is 0 Å². The number of aliphatic carboxylic acids is 1. The topological polar surface area (TPSA) is 97.5 Å². The van der Waals surface area contributed by atoms with Crippen molar-refractivity contribution >= 4 is 15.8 Å². The van der Waals surface area contributed by atoms with E-state index in [0.717, 1.165) is 6.26 Å². The number of sulfone groups is 1. The van der Waals surface area contributed by atoms with Crippen molar-refractivity contribution in [2.75, 3.05) is 12.8 Å². The Morgan fingerprint density at radius 3 is 2.28 bits per heavy atom. The molecular formula is C12H15NO4S. The summed E-state index contributed by atoms with van der Waals surface area (Å²) in [4.78, 5) is 11.4. The predicted molar refractivity (Wildman–Crippen MR) is 66.9 cm³/mol. The number of carboxylic acids is 1. The number of carboxylic acid groups (broad SMARTS) is 1. The molecule has 0 spiro atoms. The quantitative estimate of drug-likeness (QED) is 0.815. The molecule has 0 aromatic heterocycles. The molecule has 0 radical (unpaired) electrons. The van der Waals surface area contributed by atoms with E-state index in [9.17, 15) is 18.3 Å². The van der Waals surface area contributed by atoms with Gasteiger partial charge in [-0.2, -0.15) is 0 Å². The van der Waals surface area contributed by atoms with Gasteiger partial charge in [-0.15, -0.1) is 0 Å². The van der Waals surface area contributed by atoms with E-state index in [1.54, 1.807) is 30.3 Å². The highest BCUT2D eigenvalue weighted by molar-refractivity contribution is 7.91. The Balaban J connectivity index is 2.51.